The smallest absolute Gasteiger partial charge is 0.408 e. The normalized spacial score (nSPS) is 26.4. The quantitative estimate of drug-likeness (QED) is 0.287. The van der Waals surface area contributed by atoms with E-state index in [1.165, 1.54) is 4.90 Å². The van der Waals surface area contributed by atoms with Crippen LogP contribution >= 0.6 is 7.37 Å². The lowest BCUT2D eigenvalue weighted by Gasteiger charge is -2.36. The minimum absolute atomic E-state index is 0.153. The molecule has 10 nitrogen and oxygen atoms in total. The third-order valence-corrected chi connectivity index (χ3v) is 11.1. The average Bonchev–Trinajstić information content (AvgIpc) is 3.24. The molecule has 0 radical (unpaired) electrons. The first-order valence-corrected chi connectivity index (χ1v) is 16.2. The highest BCUT2D eigenvalue weighted by molar-refractivity contribution is 7.59. The van der Waals surface area contributed by atoms with Crippen LogP contribution in [0.3, 0.4) is 0 Å². The van der Waals surface area contributed by atoms with Crippen molar-refractivity contribution in [3.8, 4) is 6.07 Å². The standard InChI is InChI=1S/C30H41N4O6P/c1-5-22-17-30(22,41(38,39)19-21-11-8-10-20(16-21)18-31)33-26(35)24-14-9-15-34(24)27(36)25(29(2,3)4)32-28(37)40-23-12-6-7-13-23/h5,8,10-11,16,22-25H,1,6-7,9,12-15,17,19H2,2-4H3,(H,32,37)(H,33,35)(H,38,39)/t22-,24+,25-,30+/m1/s1. The van der Waals surface area contributed by atoms with Crippen LogP contribution in [0, 0.1) is 22.7 Å². The van der Waals surface area contributed by atoms with Gasteiger partial charge in [-0.15, -0.1) is 6.58 Å². The molecule has 3 aliphatic rings. The van der Waals surface area contributed by atoms with Crippen LogP contribution in [0.4, 0.5) is 4.79 Å². The van der Waals surface area contributed by atoms with Gasteiger partial charge in [0.15, 0.2) is 0 Å². The summed E-state index contributed by atoms with van der Waals surface area (Å²) in [6, 6.07) is 6.79. The molecule has 222 valence electrons. The number of amides is 3. The summed E-state index contributed by atoms with van der Waals surface area (Å²) in [5.74, 6) is -1.29. The molecule has 41 heavy (non-hydrogen) atoms. The van der Waals surface area contributed by atoms with E-state index in [0.29, 0.717) is 30.5 Å². The summed E-state index contributed by atoms with van der Waals surface area (Å²) in [5, 5.41) is 13.4. The van der Waals surface area contributed by atoms with Gasteiger partial charge in [0, 0.05) is 12.5 Å². The van der Waals surface area contributed by atoms with Crippen LogP contribution in [0.15, 0.2) is 36.9 Å². The van der Waals surface area contributed by atoms with Crippen molar-refractivity contribution in [1.82, 2.24) is 15.5 Å². The van der Waals surface area contributed by atoms with Crippen molar-refractivity contribution in [1.29, 1.82) is 5.26 Å². The third-order valence-electron chi connectivity index (χ3n) is 8.47. The molecule has 11 heteroatoms. The molecule has 1 aromatic carbocycles. The second-order valence-electron chi connectivity index (χ2n) is 12.6. The van der Waals surface area contributed by atoms with Crippen molar-refractivity contribution in [3.05, 3.63) is 48.0 Å². The first-order chi connectivity index (χ1) is 19.3. The topological polar surface area (TPSA) is 149 Å². The second-order valence-corrected chi connectivity index (χ2v) is 15.1. The lowest BCUT2D eigenvalue weighted by atomic mass is 9.85. The summed E-state index contributed by atoms with van der Waals surface area (Å²) in [4.78, 5) is 52.9. The van der Waals surface area contributed by atoms with Crippen molar-refractivity contribution >= 4 is 25.3 Å². The highest BCUT2D eigenvalue weighted by atomic mass is 31.2. The van der Waals surface area contributed by atoms with E-state index in [1.54, 1.807) is 30.3 Å². The lowest BCUT2D eigenvalue weighted by Crippen LogP contribution is -2.58. The zero-order valence-corrected chi connectivity index (χ0v) is 25.0. The predicted octanol–water partition coefficient (Wildman–Crippen LogP) is 4.42. The van der Waals surface area contributed by atoms with Crippen LogP contribution in [0.1, 0.15) is 76.8 Å². The molecule has 3 N–H and O–H groups in total. The van der Waals surface area contributed by atoms with Crippen LogP contribution in [-0.4, -0.2) is 57.7 Å². The van der Waals surface area contributed by atoms with Crippen molar-refractivity contribution in [2.45, 2.75) is 95.3 Å². The Kier molecular flexibility index (Phi) is 9.01. The molecule has 2 saturated carbocycles. The molecule has 3 fully saturated rings. The highest BCUT2D eigenvalue weighted by Gasteiger charge is 2.65. The van der Waals surface area contributed by atoms with Gasteiger partial charge in [-0.05, 0) is 68.1 Å². The van der Waals surface area contributed by atoms with Gasteiger partial charge in [0.2, 0.25) is 19.2 Å². The van der Waals surface area contributed by atoms with Gasteiger partial charge in [0.25, 0.3) is 0 Å². The van der Waals surface area contributed by atoms with E-state index in [-0.39, 0.29) is 24.6 Å². The minimum atomic E-state index is -4.02. The maximum atomic E-state index is 13.8. The van der Waals surface area contributed by atoms with Crippen LogP contribution in [0.25, 0.3) is 0 Å². The van der Waals surface area contributed by atoms with Gasteiger partial charge >= 0.3 is 6.09 Å². The van der Waals surface area contributed by atoms with Gasteiger partial charge in [-0.2, -0.15) is 5.26 Å². The lowest BCUT2D eigenvalue weighted by molar-refractivity contribution is -0.142. The number of hydrogen-bond acceptors (Lipinski definition) is 6. The summed E-state index contributed by atoms with van der Waals surface area (Å²) in [6.07, 6.45) is 5.44. The van der Waals surface area contributed by atoms with Crippen molar-refractivity contribution in [2.75, 3.05) is 6.54 Å². The number of rotatable bonds is 9. The fourth-order valence-corrected chi connectivity index (χ4v) is 8.40. The molecule has 0 spiro atoms. The maximum absolute atomic E-state index is 13.8. The number of likely N-dealkylation sites (tertiary alicyclic amines) is 1. The Hall–Kier alpha value is -3.15. The summed E-state index contributed by atoms with van der Waals surface area (Å²) in [7, 11) is -4.02. The molecule has 1 aromatic rings. The molecule has 0 aromatic heterocycles. The molecule has 5 atom stereocenters. The Balaban J connectivity index is 1.49. The zero-order chi connectivity index (χ0) is 30.0. The van der Waals surface area contributed by atoms with E-state index < -0.39 is 48.1 Å². The van der Waals surface area contributed by atoms with Gasteiger partial charge in [-0.1, -0.05) is 39.0 Å². The number of carbonyl (C=O) groups is 3. The first-order valence-electron chi connectivity index (χ1n) is 14.3. The van der Waals surface area contributed by atoms with Crippen molar-refractivity contribution < 1.29 is 28.6 Å². The average molecular weight is 585 g/mol. The molecular weight excluding hydrogens is 543 g/mol. The Labute approximate surface area is 242 Å². The monoisotopic (exact) mass is 584 g/mol. The highest BCUT2D eigenvalue weighted by Crippen LogP contribution is 2.70. The Morgan fingerprint density at radius 3 is 2.59 bits per heavy atom. The van der Waals surface area contributed by atoms with Gasteiger partial charge < -0.3 is 25.2 Å². The number of hydrogen-bond donors (Lipinski definition) is 3. The van der Waals surface area contributed by atoms with Crippen LogP contribution in [0.2, 0.25) is 0 Å². The van der Waals surface area contributed by atoms with Crippen LogP contribution < -0.4 is 10.6 Å². The molecular formula is C30H41N4O6P. The van der Waals surface area contributed by atoms with Gasteiger partial charge in [-0.3, -0.25) is 14.2 Å². The molecule has 4 rings (SSSR count). The number of alkyl carbamates (subject to hydrolysis) is 1. The molecule has 1 heterocycles. The van der Waals surface area contributed by atoms with Crippen molar-refractivity contribution in [2.24, 2.45) is 11.3 Å². The Morgan fingerprint density at radius 2 is 1.98 bits per heavy atom. The van der Waals surface area contributed by atoms with Gasteiger partial charge in [0.05, 0.1) is 17.8 Å². The molecule has 1 saturated heterocycles. The van der Waals surface area contributed by atoms with Crippen LogP contribution in [0.5, 0.6) is 0 Å². The Morgan fingerprint density at radius 1 is 1.27 bits per heavy atom. The summed E-state index contributed by atoms with van der Waals surface area (Å²) in [5.41, 5.74) is 0.255. The first kappa shape index (κ1) is 30.8. The largest absolute Gasteiger partial charge is 0.446 e. The number of ether oxygens (including phenoxy) is 1. The van der Waals surface area contributed by atoms with E-state index in [1.807, 2.05) is 26.8 Å². The van der Waals surface area contributed by atoms with Crippen molar-refractivity contribution in [3.63, 3.8) is 0 Å². The maximum Gasteiger partial charge on any atom is 0.408 e. The SMILES string of the molecule is C=C[C@@H]1C[C@]1(NC(=O)[C@@H]1CCCN1C(=O)[C@@H](NC(=O)OC1CCCC1)C(C)(C)C)P(=O)(O)Cc1cccc(C#N)c1. The number of benzene rings is 1. The minimum Gasteiger partial charge on any atom is -0.446 e. The fourth-order valence-electron chi connectivity index (χ4n) is 6.04. The van der Waals surface area contributed by atoms with E-state index >= 15 is 0 Å². The van der Waals surface area contributed by atoms with E-state index in [0.717, 1.165) is 25.7 Å². The molecule has 2 aliphatic carbocycles. The summed E-state index contributed by atoms with van der Waals surface area (Å²) in [6.45, 7) is 9.64. The molecule has 1 aliphatic heterocycles. The van der Waals surface area contributed by atoms with E-state index in [4.69, 9.17) is 4.74 Å². The molecule has 0 bridgehead atoms. The number of carbonyl (C=O) groups excluding carboxylic acids is 3. The predicted molar refractivity (Wildman–Crippen MR) is 154 cm³/mol. The third kappa shape index (κ3) is 6.68. The van der Waals surface area contributed by atoms with E-state index in [9.17, 15) is 29.1 Å². The number of nitriles is 1. The zero-order valence-electron chi connectivity index (χ0n) is 24.1. The van der Waals surface area contributed by atoms with Gasteiger partial charge in [0.1, 0.15) is 23.5 Å². The molecule has 3 amide bonds. The second kappa shape index (κ2) is 12.0. The summed E-state index contributed by atoms with van der Waals surface area (Å²) < 4.78 is 19.3. The molecule has 1 unspecified atom stereocenters. The number of nitrogens with one attached hydrogen (secondary N) is 2. The van der Waals surface area contributed by atoms with Crippen LogP contribution in [-0.2, 0) is 25.1 Å². The van der Waals surface area contributed by atoms with E-state index in [2.05, 4.69) is 17.2 Å². The number of nitrogens with zero attached hydrogens (tertiary/aromatic N) is 2. The van der Waals surface area contributed by atoms with Gasteiger partial charge in [-0.25, -0.2) is 4.79 Å². The fraction of sp³-hybridized carbons (Fsp3) is 0.600. The summed E-state index contributed by atoms with van der Waals surface area (Å²) >= 11 is 0. The Bertz CT molecular complexity index is 1280.